The van der Waals surface area contributed by atoms with Crippen molar-refractivity contribution in [1.82, 2.24) is 0 Å². The first kappa shape index (κ1) is 7.48. The molecular weight excluding hydrogens is 142 g/mol. The Morgan fingerprint density at radius 1 is 1.20 bits per heavy atom. The Balaban J connectivity index is 3.03. The number of para-hydroxylation sites is 1. The zero-order chi connectivity index (χ0) is 7.56. The number of hydrogen-bond donors (Lipinski definition) is 1. The van der Waals surface area contributed by atoms with Crippen LogP contribution < -0.4 is 4.90 Å². The van der Waals surface area contributed by atoms with E-state index in [1.807, 2.05) is 43.3 Å². The molecule has 54 valence electrons. The zero-order valence-electron chi connectivity index (χ0n) is 6.20. The van der Waals surface area contributed by atoms with Gasteiger partial charge in [-0.15, -0.1) is 12.6 Å². The fraction of sp³-hybridized carbons (Fsp3) is 0.250. The van der Waals surface area contributed by atoms with Crippen molar-refractivity contribution in [3.05, 3.63) is 24.3 Å². The molecule has 0 aliphatic heterocycles. The van der Waals surface area contributed by atoms with Crippen molar-refractivity contribution in [3.8, 4) is 0 Å². The first-order valence-electron chi connectivity index (χ1n) is 3.17. The van der Waals surface area contributed by atoms with E-state index in [2.05, 4.69) is 12.6 Å². The van der Waals surface area contributed by atoms with Gasteiger partial charge in [0.15, 0.2) is 0 Å². The van der Waals surface area contributed by atoms with E-state index in [1.54, 1.807) is 0 Å². The molecule has 0 radical (unpaired) electrons. The lowest BCUT2D eigenvalue weighted by Gasteiger charge is -2.13. The minimum Gasteiger partial charge on any atom is -0.377 e. The van der Waals surface area contributed by atoms with Gasteiger partial charge in [-0.25, -0.2) is 0 Å². The van der Waals surface area contributed by atoms with Gasteiger partial charge in [0.25, 0.3) is 0 Å². The number of benzene rings is 1. The molecule has 0 amide bonds. The molecule has 0 saturated heterocycles. The van der Waals surface area contributed by atoms with Gasteiger partial charge in [-0.1, -0.05) is 12.1 Å². The Bertz CT molecular complexity index is 220. The molecule has 0 fully saturated rings. The highest BCUT2D eigenvalue weighted by molar-refractivity contribution is 7.80. The highest BCUT2D eigenvalue weighted by Crippen LogP contribution is 2.20. The third-order valence-corrected chi connectivity index (χ3v) is 1.74. The smallest absolute Gasteiger partial charge is 0.0496 e. The van der Waals surface area contributed by atoms with E-state index in [0.29, 0.717) is 0 Å². The van der Waals surface area contributed by atoms with Crippen molar-refractivity contribution in [3.63, 3.8) is 0 Å². The molecule has 1 rings (SSSR count). The van der Waals surface area contributed by atoms with Crippen LogP contribution in [0.1, 0.15) is 0 Å². The summed E-state index contributed by atoms with van der Waals surface area (Å²) < 4.78 is 0. The van der Waals surface area contributed by atoms with Crippen molar-refractivity contribution in [2.45, 2.75) is 4.90 Å². The number of hydrogen-bond acceptors (Lipinski definition) is 2. The summed E-state index contributed by atoms with van der Waals surface area (Å²) in [5, 5.41) is 0. The summed E-state index contributed by atoms with van der Waals surface area (Å²) in [6.07, 6.45) is 0. The normalized spacial score (nSPS) is 9.50. The Morgan fingerprint density at radius 2 is 1.80 bits per heavy atom. The van der Waals surface area contributed by atoms with Gasteiger partial charge in [0.05, 0.1) is 0 Å². The predicted molar refractivity (Wildman–Crippen MR) is 48.0 cm³/mol. The van der Waals surface area contributed by atoms with Gasteiger partial charge in [0.2, 0.25) is 0 Å². The molecule has 0 aliphatic rings. The van der Waals surface area contributed by atoms with Gasteiger partial charge in [-0.2, -0.15) is 0 Å². The molecule has 0 atom stereocenters. The van der Waals surface area contributed by atoms with E-state index < -0.39 is 0 Å². The van der Waals surface area contributed by atoms with Crippen molar-refractivity contribution < 1.29 is 0 Å². The Labute approximate surface area is 67.1 Å². The van der Waals surface area contributed by atoms with Crippen molar-refractivity contribution >= 4 is 18.3 Å². The van der Waals surface area contributed by atoms with Gasteiger partial charge < -0.3 is 4.90 Å². The van der Waals surface area contributed by atoms with Crippen molar-refractivity contribution in [2.24, 2.45) is 0 Å². The van der Waals surface area contributed by atoms with E-state index in [1.165, 1.54) is 0 Å². The van der Waals surface area contributed by atoms with Crippen molar-refractivity contribution in [2.75, 3.05) is 19.0 Å². The molecule has 0 aromatic heterocycles. The van der Waals surface area contributed by atoms with Crippen LogP contribution in [0.3, 0.4) is 0 Å². The molecular formula is C8H11NS. The lowest BCUT2D eigenvalue weighted by atomic mass is 10.3. The summed E-state index contributed by atoms with van der Waals surface area (Å²) in [7, 11) is 4.02. The molecule has 1 nitrogen and oxygen atoms in total. The summed E-state index contributed by atoms with van der Waals surface area (Å²) >= 11 is 4.30. The molecule has 0 heterocycles. The van der Waals surface area contributed by atoms with Crippen LogP contribution in [0.25, 0.3) is 0 Å². The Kier molecular flexibility index (Phi) is 2.22. The lowest BCUT2D eigenvalue weighted by Crippen LogP contribution is -2.08. The third kappa shape index (κ3) is 1.45. The van der Waals surface area contributed by atoms with Gasteiger partial charge in [-0.05, 0) is 12.1 Å². The maximum absolute atomic E-state index is 4.30. The molecule has 0 saturated carbocycles. The topological polar surface area (TPSA) is 3.24 Å². The molecule has 1 aromatic rings. The first-order chi connectivity index (χ1) is 4.72. The fourth-order valence-corrected chi connectivity index (χ4v) is 1.20. The summed E-state index contributed by atoms with van der Waals surface area (Å²) in [6.45, 7) is 0. The van der Waals surface area contributed by atoms with Gasteiger partial charge >= 0.3 is 0 Å². The van der Waals surface area contributed by atoms with Crippen LogP contribution in [0.2, 0.25) is 0 Å². The molecule has 0 N–H and O–H groups in total. The zero-order valence-corrected chi connectivity index (χ0v) is 7.10. The molecule has 0 aliphatic carbocycles. The highest BCUT2D eigenvalue weighted by atomic mass is 32.1. The van der Waals surface area contributed by atoms with Crippen LogP contribution in [0.4, 0.5) is 5.69 Å². The fourth-order valence-electron chi connectivity index (χ4n) is 0.842. The third-order valence-electron chi connectivity index (χ3n) is 1.36. The van der Waals surface area contributed by atoms with E-state index in [-0.39, 0.29) is 0 Å². The molecule has 2 heteroatoms. The Hall–Kier alpha value is -0.630. The van der Waals surface area contributed by atoms with E-state index in [9.17, 15) is 0 Å². The standard InChI is InChI=1S/C8H11NS/c1-9(2)7-5-3-4-6-8(7)10/h3-6,10H,1-2H3. The molecule has 10 heavy (non-hydrogen) atoms. The highest BCUT2D eigenvalue weighted by Gasteiger charge is 1.96. The first-order valence-corrected chi connectivity index (χ1v) is 3.62. The molecule has 0 spiro atoms. The quantitative estimate of drug-likeness (QED) is 0.604. The van der Waals surface area contributed by atoms with Crippen LogP contribution in [-0.2, 0) is 0 Å². The van der Waals surface area contributed by atoms with Crippen LogP contribution >= 0.6 is 12.6 Å². The minimum absolute atomic E-state index is 1.02. The number of rotatable bonds is 1. The van der Waals surface area contributed by atoms with E-state index >= 15 is 0 Å². The SMILES string of the molecule is CN(C)c1ccccc1S. The monoisotopic (exact) mass is 153 g/mol. The number of thiol groups is 1. The van der Waals surface area contributed by atoms with Crippen LogP contribution in [0, 0.1) is 0 Å². The average molecular weight is 153 g/mol. The van der Waals surface area contributed by atoms with Crippen molar-refractivity contribution in [1.29, 1.82) is 0 Å². The second-order valence-electron chi connectivity index (χ2n) is 2.38. The number of anilines is 1. The molecule has 0 unspecified atom stereocenters. The largest absolute Gasteiger partial charge is 0.377 e. The average Bonchev–Trinajstić information content (AvgIpc) is 1.88. The second kappa shape index (κ2) is 2.97. The summed E-state index contributed by atoms with van der Waals surface area (Å²) in [5.74, 6) is 0. The second-order valence-corrected chi connectivity index (χ2v) is 2.86. The number of nitrogens with zero attached hydrogens (tertiary/aromatic N) is 1. The predicted octanol–water partition coefficient (Wildman–Crippen LogP) is 2.04. The summed E-state index contributed by atoms with van der Waals surface area (Å²) in [6, 6.07) is 8.02. The summed E-state index contributed by atoms with van der Waals surface area (Å²) in [5.41, 5.74) is 1.16. The van der Waals surface area contributed by atoms with Crippen LogP contribution in [0.5, 0.6) is 0 Å². The molecule has 0 bridgehead atoms. The maximum atomic E-state index is 4.30. The van der Waals surface area contributed by atoms with Crippen LogP contribution in [0.15, 0.2) is 29.2 Å². The minimum atomic E-state index is 1.02. The van der Waals surface area contributed by atoms with E-state index in [4.69, 9.17) is 0 Å². The van der Waals surface area contributed by atoms with Gasteiger partial charge in [0.1, 0.15) is 0 Å². The maximum Gasteiger partial charge on any atom is 0.0496 e. The molecule has 1 aromatic carbocycles. The lowest BCUT2D eigenvalue weighted by molar-refractivity contribution is 1.10. The Morgan fingerprint density at radius 3 is 2.20 bits per heavy atom. The van der Waals surface area contributed by atoms with Gasteiger partial charge in [0, 0.05) is 24.7 Å². The van der Waals surface area contributed by atoms with Gasteiger partial charge in [-0.3, -0.25) is 0 Å². The van der Waals surface area contributed by atoms with E-state index in [0.717, 1.165) is 10.6 Å². The summed E-state index contributed by atoms with van der Waals surface area (Å²) in [4.78, 5) is 3.06. The van der Waals surface area contributed by atoms with Crippen LogP contribution in [-0.4, -0.2) is 14.1 Å².